The van der Waals surface area contributed by atoms with Gasteiger partial charge in [0.15, 0.2) is 0 Å². The van der Waals surface area contributed by atoms with E-state index in [1.807, 2.05) is 0 Å². The van der Waals surface area contributed by atoms with Crippen molar-refractivity contribution in [3.8, 4) is 11.5 Å². The number of hydrogen-bond donors (Lipinski definition) is 2. The molecule has 0 aliphatic heterocycles. The van der Waals surface area contributed by atoms with Crippen LogP contribution in [0.2, 0.25) is 0 Å². The number of unbranched alkanes of at least 4 members (excludes halogenated alkanes) is 2. The standard InChI is InChI=1S/C23H30O5/c1-3-5-15-21(17-11-7-9-13-19(17)24)27-23(26)28-22(16-6-4-2)18-12-8-10-14-20(18)25/h7-14,21-22,24-25H,3-6,15-16H2,1-2H3. The molecule has 0 aromatic heterocycles. The summed E-state index contributed by atoms with van der Waals surface area (Å²) in [4.78, 5) is 12.6. The summed E-state index contributed by atoms with van der Waals surface area (Å²) in [7, 11) is 0. The third-order valence-corrected chi connectivity index (χ3v) is 4.68. The van der Waals surface area contributed by atoms with Crippen LogP contribution in [0.25, 0.3) is 0 Å². The number of hydrogen-bond acceptors (Lipinski definition) is 5. The van der Waals surface area contributed by atoms with E-state index in [2.05, 4.69) is 13.8 Å². The Bertz CT molecular complexity index is 682. The molecule has 0 saturated carbocycles. The molecule has 2 aromatic carbocycles. The van der Waals surface area contributed by atoms with Gasteiger partial charge in [-0.05, 0) is 37.8 Å². The van der Waals surface area contributed by atoms with Crippen LogP contribution >= 0.6 is 0 Å². The van der Waals surface area contributed by atoms with Gasteiger partial charge in [0.2, 0.25) is 0 Å². The molecule has 0 aliphatic carbocycles. The minimum absolute atomic E-state index is 0.0969. The first kappa shape index (κ1) is 21.6. The first-order valence-electron chi connectivity index (χ1n) is 9.99. The third-order valence-electron chi connectivity index (χ3n) is 4.68. The van der Waals surface area contributed by atoms with E-state index < -0.39 is 18.4 Å². The normalized spacial score (nSPS) is 12.9. The Morgan fingerprint density at radius 1 is 0.786 bits per heavy atom. The summed E-state index contributed by atoms with van der Waals surface area (Å²) in [6.07, 6.45) is 2.83. The second-order valence-electron chi connectivity index (χ2n) is 6.87. The number of carbonyl (C=O) groups is 1. The van der Waals surface area contributed by atoms with Gasteiger partial charge in [0.25, 0.3) is 0 Å². The molecule has 152 valence electrons. The summed E-state index contributed by atoms with van der Waals surface area (Å²) in [5, 5.41) is 20.3. The number of rotatable bonds is 10. The fourth-order valence-corrected chi connectivity index (χ4v) is 3.11. The van der Waals surface area contributed by atoms with Gasteiger partial charge in [0, 0.05) is 11.1 Å². The van der Waals surface area contributed by atoms with Gasteiger partial charge in [-0.25, -0.2) is 4.79 Å². The van der Waals surface area contributed by atoms with Gasteiger partial charge in [-0.15, -0.1) is 0 Å². The van der Waals surface area contributed by atoms with Crippen molar-refractivity contribution < 1.29 is 24.5 Å². The van der Waals surface area contributed by atoms with Gasteiger partial charge in [-0.3, -0.25) is 0 Å². The Morgan fingerprint density at radius 3 is 1.54 bits per heavy atom. The second-order valence-corrected chi connectivity index (χ2v) is 6.87. The molecule has 0 fully saturated rings. The maximum Gasteiger partial charge on any atom is 0.509 e. The van der Waals surface area contributed by atoms with Gasteiger partial charge < -0.3 is 19.7 Å². The van der Waals surface area contributed by atoms with Crippen molar-refractivity contribution in [3.05, 3.63) is 59.7 Å². The molecule has 2 unspecified atom stereocenters. The van der Waals surface area contributed by atoms with E-state index in [0.29, 0.717) is 24.0 Å². The highest BCUT2D eigenvalue weighted by molar-refractivity contribution is 5.61. The average molecular weight is 386 g/mol. The van der Waals surface area contributed by atoms with E-state index in [1.165, 1.54) is 0 Å². The van der Waals surface area contributed by atoms with Crippen LogP contribution in [0.15, 0.2) is 48.5 Å². The number of aromatic hydroxyl groups is 2. The lowest BCUT2D eigenvalue weighted by Crippen LogP contribution is -2.17. The smallest absolute Gasteiger partial charge is 0.508 e. The van der Waals surface area contributed by atoms with E-state index in [-0.39, 0.29) is 11.5 Å². The molecular formula is C23H30O5. The molecule has 2 rings (SSSR count). The minimum atomic E-state index is -0.797. The van der Waals surface area contributed by atoms with Gasteiger partial charge in [0.05, 0.1) is 0 Å². The number of benzene rings is 2. The zero-order chi connectivity index (χ0) is 20.4. The van der Waals surface area contributed by atoms with E-state index in [9.17, 15) is 15.0 Å². The van der Waals surface area contributed by atoms with Gasteiger partial charge in [0.1, 0.15) is 23.7 Å². The zero-order valence-electron chi connectivity index (χ0n) is 16.6. The van der Waals surface area contributed by atoms with Crippen LogP contribution in [-0.4, -0.2) is 16.4 Å². The second kappa shape index (κ2) is 11.2. The molecule has 5 nitrogen and oxygen atoms in total. The molecule has 2 N–H and O–H groups in total. The fraction of sp³-hybridized carbons (Fsp3) is 0.435. The predicted octanol–water partition coefficient (Wildman–Crippen LogP) is 6.41. The summed E-state index contributed by atoms with van der Waals surface area (Å²) >= 11 is 0. The quantitative estimate of drug-likeness (QED) is 0.461. The molecule has 0 saturated heterocycles. The zero-order valence-corrected chi connectivity index (χ0v) is 16.6. The van der Waals surface area contributed by atoms with Crippen molar-refractivity contribution in [1.29, 1.82) is 0 Å². The Hall–Kier alpha value is -2.69. The summed E-state index contributed by atoms with van der Waals surface area (Å²) < 4.78 is 11.2. The van der Waals surface area contributed by atoms with Crippen LogP contribution < -0.4 is 0 Å². The highest BCUT2D eigenvalue weighted by Gasteiger charge is 2.24. The topological polar surface area (TPSA) is 76.0 Å². The van der Waals surface area contributed by atoms with Crippen molar-refractivity contribution in [1.82, 2.24) is 0 Å². The molecule has 2 atom stereocenters. The Morgan fingerprint density at radius 2 is 1.18 bits per heavy atom. The maximum atomic E-state index is 12.6. The molecular weight excluding hydrogens is 356 g/mol. The van der Waals surface area contributed by atoms with E-state index in [1.54, 1.807) is 48.5 Å². The monoisotopic (exact) mass is 386 g/mol. The number of phenolic OH excluding ortho intramolecular Hbond substituents is 2. The Balaban J connectivity index is 2.14. The molecule has 0 heterocycles. The molecule has 0 radical (unpaired) electrons. The number of phenols is 2. The fourth-order valence-electron chi connectivity index (χ4n) is 3.11. The molecule has 5 heteroatoms. The van der Waals surface area contributed by atoms with Crippen molar-refractivity contribution in [2.45, 2.75) is 64.6 Å². The van der Waals surface area contributed by atoms with Crippen LogP contribution in [-0.2, 0) is 9.47 Å². The number of ether oxygens (including phenoxy) is 2. The van der Waals surface area contributed by atoms with E-state index in [4.69, 9.17) is 9.47 Å². The van der Waals surface area contributed by atoms with Crippen LogP contribution in [0.4, 0.5) is 4.79 Å². The first-order chi connectivity index (χ1) is 13.6. The lowest BCUT2D eigenvalue weighted by molar-refractivity contribution is -0.00937. The van der Waals surface area contributed by atoms with Crippen LogP contribution in [0.1, 0.15) is 75.7 Å². The van der Waals surface area contributed by atoms with Crippen LogP contribution in [0.3, 0.4) is 0 Å². The molecule has 0 amide bonds. The van der Waals surface area contributed by atoms with Gasteiger partial charge in [-0.2, -0.15) is 0 Å². The molecule has 2 aromatic rings. The lowest BCUT2D eigenvalue weighted by Gasteiger charge is -2.22. The summed E-state index contributed by atoms with van der Waals surface area (Å²) in [5.41, 5.74) is 1.14. The first-order valence-corrected chi connectivity index (χ1v) is 9.99. The average Bonchev–Trinajstić information content (AvgIpc) is 2.69. The minimum Gasteiger partial charge on any atom is -0.508 e. The maximum absolute atomic E-state index is 12.6. The molecule has 0 bridgehead atoms. The Kier molecular flexibility index (Phi) is 8.66. The van der Waals surface area contributed by atoms with Crippen LogP contribution in [0.5, 0.6) is 11.5 Å². The van der Waals surface area contributed by atoms with Gasteiger partial charge in [-0.1, -0.05) is 63.1 Å². The van der Waals surface area contributed by atoms with Crippen LogP contribution in [0, 0.1) is 0 Å². The predicted molar refractivity (Wildman–Crippen MR) is 108 cm³/mol. The summed E-state index contributed by atoms with van der Waals surface area (Å²) in [5.74, 6) is 0.194. The number of carbonyl (C=O) groups excluding carboxylic acids is 1. The number of para-hydroxylation sites is 2. The molecule has 28 heavy (non-hydrogen) atoms. The molecule has 0 aliphatic rings. The SMILES string of the molecule is CCCCC(OC(=O)OC(CCCC)c1ccccc1O)c1ccccc1O. The highest BCUT2D eigenvalue weighted by atomic mass is 16.7. The van der Waals surface area contributed by atoms with Crippen molar-refractivity contribution >= 4 is 6.16 Å². The van der Waals surface area contributed by atoms with Crippen molar-refractivity contribution in [2.75, 3.05) is 0 Å². The largest absolute Gasteiger partial charge is 0.509 e. The van der Waals surface area contributed by atoms with Crippen molar-refractivity contribution in [3.63, 3.8) is 0 Å². The Labute approximate surface area is 166 Å². The summed E-state index contributed by atoms with van der Waals surface area (Å²) in [6.45, 7) is 4.11. The van der Waals surface area contributed by atoms with E-state index in [0.717, 1.165) is 25.7 Å². The van der Waals surface area contributed by atoms with E-state index >= 15 is 0 Å². The highest BCUT2D eigenvalue weighted by Crippen LogP contribution is 2.34. The lowest BCUT2D eigenvalue weighted by atomic mass is 10.0. The third kappa shape index (κ3) is 6.19. The molecule has 0 spiro atoms. The summed E-state index contributed by atoms with van der Waals surface area (Å²) in [6, 6.07) is 13.7. The van der Waals surface area contributed by atoms with Crippen molar-refractivity contribution in [2.24, 2.45) is 0 Å². The van der Waals surface area contributed by atoms with Gasteiger partial charge >= 0.3 is 6.16 Å².